The van der Waals surface area contributed by atoms with Crippen LogP contribution < -0.4 is 5.14 Å². The lowest BCUT2D eigenvalue weighted by Crippen LogP contribution is -2.12. The molecular weight excluding hydrogens is 296 g/mol. The fraction of sp³-hybridized carbons (Fsp3) is 0.214. The number of hydrogen-bond donors (Lipinski definition) is 1. The third-order valence-corrected chi connectivity index (χ3v) is 4.59. The average Bonchev–Trinajstić information content (AvgIpc) is 3.22. The van der Waals surface area contributed by atoms with Crippen LogP contribution in [0.4, 0.5) is 0 Å². The van der Waals surface area contributed by atoms with Gasteiger partial charge < -0.3 is 0 Å². The molecule has 0 atom stereocenters. The molecule has 0 unspecified atom stereocenters. The summed E-state index contributed by atoms with van der Waals surface area (Å²) < 4.78 is 22.7. The average molecular weight is 309 g/mol. The lowest BCUT2D eigenvalue weighted by atomic mass is 10.0. The molecular formula is C14H13ClN2O2S. The van der Waals surface area contributed by atoms with E-state index in [9.17, 15) is 8.42 Å². The van der Waals surface area contributed by atoms with Gasteiger partial charge in [-0.25, -0.2) is 13.6 Å². The molecule has 2 aromatic rings. The molecule has 0 radical (unpaired) electrons. The fourth-order valence-electron chi connectivity index (χ4n) is 2.16. The van der Waals surface area contributed by atoms with Gasteiger partial charge in [0.05, 0.1) is 0 Å². The molecule has 0 saturated heterocycles. The SMILES string of the molecule is NS(=O)(=O)c1cncc(-c2ccc(C3CC3)cc2Cl)c1. The molecule has 20 heavy (non-hydrogen) atoms. The van der Waals surface area contributed by atoms with Gasteiger partial charge in [-0.05, 0) is 36.5 Å². The van der Waals surface area contributed by atoms with E-state index in [2.05, 4.69) is 4.98 Å². The highest BCUT2D eigenvalue weighted by molar-refractivity contribution is 7.89. The molecule has 1 saturated carbocycles. The predicted octanol–water partition coefficient (Wildman–Crippen LogP) is 2.93. The number of rotatable bonds is 3. The van der Waals surface area contributed by atoms with Gasteiger partial charge in [-0.15, -0.1) is 0 Å². The van der Waals surface area contributed by atoms with E-state index >= 15 is 0 Å². The van der Waals surface area contributed by atoms with Crippen LogP contribution in [0.3, 0.4) is 0 Å². The standard InChI is InChI=1S/C14H13ClN2O2S/c15-14-6-10(9-1-2-9)3-4-13(14)11-5-12(8-17-7-11)20(16,18)19/h3-9H,1-2H2,(H2,16,18,19). The Morgan fingerprint density at radius 2 is 1.95 bits per heavy atom. The minimum Gasteiger partial charge on any atom is -0.263 e. The van der Waals surface area contributed by atoms with Crippen molar-refractivity contribution in [3.05, 3.63) is 47.2 Å². The molecule has 104 valence electrons. The second kappa shape index (κ2) is 4.84. The van der Waals surface area contributed by atoms with Crippen molar-refractivity contribution < 1.29 is 8.42 Å². The lowest BCUT2D eigenvalue weighted by molar-refractivity contribution is 0.597. The second-order valence-corrected chi connectivity index (χ2v) is 6.94. The van der Waals surface area contributed by atoms with Crippen LogP contribution >= 0.6 is 11.6 Å². The smallest absolute Gasteiger partial charge is 0.239 e. The first-order chi connectivity index (χ1) is 9.45. The van der Waals surface area contributed by atoms with E-state index in [1.54, 1.807) is 6.20 Å². The minimum atomic E-state index is -3.76. The van der Waals surface area contributed by atoms with Gasteiger partial charge in [-0.1, -0.05) is 23.7 Å². The predicted molar refractivity (Wildman–Crippen MR) is 78.0 cm³/mol. The summed E-state index contributed by atoms with van der Waals surface area (Å²) in [6, 6.07) is 7.36. The molecule has 6 heteroatoms. The fourth-order valence-corrected chi connectivity index (χ4v) is 2.95. The molecule has 1 aliphatic carbocycles. The number of nitrogens with zero attached hydrogens (tertiary/aromatic N) is 1. The van der Waals surface area contributed by atoms with Crippen LogP contribution in [-0.4, -0.2) is 13.4 Å². The lowest BCUT2D eigenvalue weighted by Gasteiger charge is -2.08. The maximum Gasteiger partial charge on any atom is 0.239 e. The van der Waals surface area contributed by atoms with Crippen molar-refractivity contribution in [2.24, 2.45) is 5.14 Å². The molecule has 4 nitrogen and oxygen atoms in total. The van der Waals surface area contributed by atoms with Gasteiger partial charge in [0.1, 0.15) is 4.90 Å². The van der Waals surface area contributed by atoms with Crippen LogP contribution in [0.25, 0.3) is 11.1 Å². The molecule has 1 aromatic carbocycles. The van der Waals surface area contributed by atoms with E-state index in [0.29, 0.717) is 16.5 Å². The third kappa shape index (κ3) is 2.70. The van der Waals surface area contributed by atoms with Crippen molar-refractivity contribution in [3.8, 4) is 11.1 Å². The van der Waals surface area contributed by atoms with Crippen LogP contribution in [0.2, 0.25) is 5.02 Å². The number of aromatic nitrogens is 1. The normalized spacial score (nSPS) is 15.3. The van der Waals surface area contributed by atoms with E-state index < -0.39 is 10.0 Å². The summed E-state index contributed by atoms with van der Waals surface area (Å²) in [6.07, 6.45) is 5.22. The number of halogens is 1. The largest absolute Gasteiger partial charge is 0.263 e. The monoisotopic (exact) mass is 308 g/mol. The summed E-state index contributed by atoms with van der Waals surface area (Å²) >= 11 is 6.29. The molecule has 0 aliphatic heterocycles. The molecule has 1 aromatic heterocycles. The zero-order valence-electron chi connectivity index (χ0n) is 10.6. The highest BCUT2D eigenvalue weighted by Gasteiger charge is 2.24. The minimum absolute atomic E-state index is 0.0164. The van der Waals surface area contributed by atoms with Crippen molar-refractivity contribution in [2.75, 3.05) is 0 Å². The Kier molecular flexibility index (Phi) is 3.28. The highest BCUT2D eigenvalue weighted by Crippen LogP contribution is 2.42. The van der Waals surface area contributed by atoms with E-state index in [1.165, 1.54) is 30.7 Å². The molecule has 0 bridgehead atoms. The van der Waals surface area contributed by atoms with Gasteiger partial charge in [-0.2, -0.15) is 0 Å². The Labute approximate surface area is 122 Å². The van der Waals surface area contributed by atoms with E-state index in [-0.39, 0.29) is 4.90 Å². The zero-order valence-corrected chi connectivity index (χ0v) is 12.2. The number of benzene rings is 1. The van der Waals surface area contributed by atoms with Crippen molar-refractivity contribution in [1.29, 1.82) is 0 Å². The van der Waals surface area contributed by atoms with Gasteiger partial charge in [0.15, 0.2) is 0 Å². The van der Waals surface area contributed by atoms with Crippen molar-refractivity contribution in [3.63, 3.8) is 0 Å². The second-order valence-electron chi connectivity index (χ2n) is 4.97. The Balaban J connectivity index is 2.04. The van der Waals surface area contributed by atoms with Crippen molar-refractivity contribution in [1.82, 2.24) is 4.98 Å². The Hall–Kier alpha value is -1.43. The summed E-state index contributed by atoms with van der Waals surface area (Å²) in [6.45, 7) is 0. The van der Waals surface area contributed by atoms with Crippen molar-refractivity contribution >= 4 is 21.6 Å². The Morgan fingerprint density at radius 3 is 2.55 bits per heavy atom. The van der Waals surface area contributed by atoms with Crippen LogP contribution in [0.5, 0.6) is 0 Å². The molecule has 0 amide bonds. The van der Waals surface area contributed by atoms with Gasteiger partial charge in [0.25, 0.3) is 0 Å². The zero-order chi connectivity index (χ0) is 14.3. The van der Waals surface area contributed by atoms with E-state index in [0.717, 1.165) is 5.56 Å². The summed E-state index contributed by atoms with van der Waals surface area (Å²) in [5.41, 5.74) is 2.63. The number of pyridine rings is 1. The van der Waals surface area contributed by atoms with Gasteiger partial charge in [0.2, 0.25) is 10.0 Å². The molecule has 0 spiro atoms. The van der Waals surface area contributed by atoms with Crippen LogP contribution in [-0.2, 0) is 10.0 Å². The first kappa shape index (κ1) is 13.5. The maximum atomic E-state index is 11.4. The molecule has 1 aliphatic rings. The Morgan fingerprint density at radius 1 is 1.20 bits per heavy atom. The first-order valence-corrected chi connectivity index (χ1v) is 8.15. The summed E-state index contributed by atoms with van der Waals surface area (Å²) in [5.74, 6) is 0.621. The number of primary sulfonamides is 1. The number of hydrogen-bond acceptors (Lipinski definition) is 3. The van der Waals surface area contributed by atoms with Gasteiger partial charge in [-0.3, -0.25) is 4.98 Å². The number of nitrogens with two attached hydrogens (primary N) is 1. The highest BCUT2D eigenvalue weighted by atomic mass is 35.5. The number of sulfonamides is 1. The maximum absolute atomic E-state index is 11.4. The Bertz CT molecular complexity index is 770. The summed E-state index contributed by atoms with van der Waals surface area (Å²) in [4.78, 5) is 3.90. The first-order valence-electron chi connectivity index (χ1n) is 6.23. The van der Waals surface area contributed by atoms with Gasteiger partial charge in [0, 0.05) is 28.5 Å². The summed E-state index contributed by atoms with van der Waals surface area (Å²) in [7, 11) is -3.76. The quantitative estimate of drug-likeness (QED) is 0.947. The third-order valence-electron chi connectivity index (χ3n) is 3.39. The molecule has 1 fully saturated rings. The van der Waals surface area contributed by atoms with Gasteiger partial charge >= 0.3 is 0 Å². The van der Waals surface area contributed by atoms with Crippen LogP contribution in [0.1, 0.15) is 24.3 Å². The molecule has 3 rings (SSSR count). The topological polar surface area (TPSA) is 73.1 Å². The van der Waals surface area contributed by atoms with E-state index in [1.807, 2.05) is 18.2 Å². The molecule has 1 heterocycles. The van der Waals surface area contributed by atoms with Crippen LogP contribution in [0.15, 0.2) is 41.6 Å². The summed E-state index contributed by atoms with van der Waals surface area (Å²) in [5, 5.41) is 5.71. The van der Waals surface area contributed by atoms with Crippen LogP contribution in [0, 0.1) is 0 Å². The van der Waals surface area contributed by atoms with E-state index in [4.69, 9.17) is 16.7 Å². The van der Waals surface area contributed by atoms with Crippen molar-refractivity contribution in [2.45, 2.75) is 23.7 Å². The molecule has 2 N–H and O–H groups in total.